The Kier molecular flexibility index (Phi) is 14.2. The molecule has 0 radical (unpaired) electrons. The SMILES string of the molecule is C=CCNC(=O)C(=O)C(CCC)NC(=O)C1CCCN1C(=O)C(NC(=O)NC(CN(C)Sc1ccccn1)C(C)(C)C)C1Cc2ccccc2C1. The second-order valence-electron chi connectivity index (χ2n) is 14.4. The van der Waals surface area contributed by atoms with Crippen LogP contribution in [0.2, 0.25) is 0 Å². The quantitative estimate of drug-likeness (QED) is 0.117. The number of hydrogen-bond acceptors (Lipinski definition) is 8. The molecule has 4 atom stereocenters. The van der Waals surface area contributed by atoms with E-state index in [0.717, 1.165) is 16.2 Å². The molecule has 1 aliphatic carbocycles. The van der Waals surface area contributed by atoms with Gasteiger partial charge in [0.1, 0.15) is 17.1 Å². The zero-order valence-electron chi connectivity index (χ0n) is 30.4. The summed E-state index contributed by atoms with van der Waals surface area (Å²) >= 11 is 1.49. The number of amides is 5. The Bertz CT molecular complexity index is 1520. The molecule has 13 heteroatoms. The van der Waals surface area contributed by atoms with E-state index in [2.05, 4.69) is 53.6 Å². The highest BCUT2D eigenvalue weighted by Crippen LogP contribution is 2.31. The molecule has 1 saturated heterocycles. The Hall–Kier alpha value is -4.23. The lowest BCUT2D eigenvalue weighted by Crippen LogP contribution is -2.60. The van der Waals surface area contributed by atoms with Gasteiger partial charge in [0.15, 0.2) is 0 Å². The van der Waals surface area contributed by atoms with Gasteiger partial charge in [0.05, 0.1) is 6.04 Å². The van der Waals surface area contributed by atoms with Gasteiger partial charge < -0.3 is 26.2 Å². The minimum absolute atomic E-state index is 0.132. The normalized spacial score (nSPS) is 17.6. The first-order chi connectivity index (χ1) is 24.3. The number of urea groups is 1. The van der Waals surface area contributed by atoms with E-state index >= 15 is 0 Å². The van der Waals surface area contributed by atoms with Crippen LogP contribution in [0.1, 0.15) is 64.5 Å². The molecule has 2 aromatic rings. The number of hydrogen-bond donors (Lipinski definition) is 4. The van der Waals surface area contributed by atoms with Crippen LogP contribution in [-0.4, -0.2) is 94.6 Å². The van der Waals surface area contributed by atoms with Gasteiger partial charge in [-0.3, -0.25) is 19.2 Å². The third-order valence-corrected chi connectivity index (χ3v) is 10.4. The number of pyridine rings is 1. The first-order valence-electron chi connectivity index (χ1n) is 17.8. The van der Waals surface area contributed by atoms with Crippen LogP contribution in [0.25, 0.3) is 0 Å². The van der Waals surface area contributed by atoms with Crippen LogP contribution >= 0.6 is 11.9 Å². The molecule has 0 spiro atoms. The Morgan fingerprint density at radius 3 is 2.33 bits per heavy atom. The van der Waals surface area contributed by atoms with E-state index in [4.69, 9.17) is 0 Å². The first-order valence-corrected chi connectivity index (χ1v) is 18.6. The highest BCUT2D eigenvalue weighted by atomic mass is 32.2. The number of nitrogens with zero attached hydrogens (tertiary/aromatic N) is 3. The smallest absolute Gasteiger partial charge is 0.315 e. The summed E-state index contributed by atoms with van der Waals surface area (Å²) in [6.45, 7) is 12.6. The number of benzene rings is 1. The average molecular weight is 720 g/mol. The molecular weight excluding hydrogens is 667 g/mol. The van der Waals surface area contributed by atoms with Gasteiger partial charge in [0.2, 0.25) is 17.6 Å². The van der Waals surface area contributed by atoms with Gasteiger partial charge in [-0.1, -0.05) is 70.5 Å². The molecule has 1 aliphatic heterocycles. The standard InChI is InChI=1S/C38H53N7O5S/c1-7-14-28(33(46)35(48)40-19-8-2)41-34(47)29-17-13-21-45(29)36(49)32(27-22-25-15-9-10-16-26(25)23-27)43-37(50)42-30(38(3,4)5)24-44(6)51-31-18-11-12-20-39-31/h8-12,15-16,18,20,27-30,32H,2,7,13-14,17,19,21-24H2,1,3-6H3,(H,40,48)(H,41,47)(H2,42,43,50). The van der Waals surface area contributed by atoms with E-state index in [0.29, 0.717) is 45.2 Å². The van der Waals surface area contributed by atoms with Crippen LogP contribution < -0.4 is 21.3 Å². The van der Waals surface area contributed by atoms with E-state index in [1.807, 2.05) is 60.7 Å². The number of likely N-dealkylation sites (N-methyl/N-ethyl adjacent to an activating group) is 1. The van der Waals surface area contributed by atoms with Crippen LogP contribution in [0.5, 0.6) is 0 Å². The summed E-state index contributed by atoms with van der Waals surface area (Å²) < 4.78 is 2.03. The lowest BCUT2D eigenvalue weighted by atomic mass is 9.86. The van der Waals surface area contributed by atoms with Gasteiger partial charge in [0.25, 0.3) is 5.91 Å². The summed E-state index contributed by atoms with van der Waals surface area (Å²) in [5, 5.41) is 12.3. The molecule has 2 aliphatic rings. The Labute approximate surface area is 306 Å². The second-order valence-corrected chi connectivity index (χ2v) is 15.6. The van der Waals surface area contributed by atoms with Gasteiger partial charge in [-0.15, -0.1) is 6.58 Å². The number of ketones is 1. The second kappa shape index (κ2) is 18.3. The maximum absolute atomic E-state index is 14.5. The monoisotopic (exact) mass is 719 g/mol. The molecule has 1 aromatic carbocycles. The largest absolute Gasteiger partial charge is 0.346 e. The van der Waals surface area contributed by atoms with Crippen LogP contribution in [0.15, 0.2) is 66.3 Å². The maximum atomic E-state index is 14.5. The topological polar surface area (TPSA) is 153 Å². The van der Waals surface area contributed by atoms with E-state index in [9.17, 15) is 24.0 Å². The van der Waals surface area contributed by atoms with Crippen molar-refractivity contribution in [2.75, 3.05) is 26.7 Å². The van der Waals surface area contributed by atoms with Gasteiger partial charge in [-0.05, 0) is 85.7 Å². The third kappa shape index (κ3) is 10.9. The highest BCUT2D eigenvalue weighted by molar-refractivity contribution is 7.96. The van der Waals surface area contributed by atoms with Crippen molar-refractivity contribution in [1.29, 1.82) is 0 Å². The number of likely N-dealkylation sites (tertiary alicyclic amines) is 1. The fourth-order valence-electron chi connectivity index (χ4n) is 6.66. The fraction of sp³-hybridized carbons (Fsp3) is 0.526. The van der Waals surface area contributed by atoms with Crippen molar-refractivity contribution >= 4 is 41.5 Å². The average Bonchev–Trinajstić information content (AvgIpc) is 3.76. The third-order valence-electron chi connectivity index (χ3n) is 9.46. The number of fused-ring (bicyclic) bond motifs is 1. The van der Waals surface area contributed by atoms with Crippen LogP contribution in [-0.2, 0) is 32.0 Å². The van der Waals surface area contributed by atoms with E-state index in [1.165, 1.54) is 22.9 Å². The summed E-state index contributed by atoms with van der Waals surface area (Å²) in [7, 11) is 1.95. The number of nitrogens with one attached hydrogen (secondary N) is 4. The maximum Gasteiger partial charge on any atom is 0.315 e. The van der Waals surface area contributed by atoms with Crippen molar-refractivity contribution in [3.63, 3.8) is 0 Å². The van der Waals surface area contributed by atoms with Gasteiger partial charge in [-0.25, -0.2) is 14.1 Å². The summed E-state index contributed by atoms with van der Waals surface area (Å²) in [6.07, 6.45) is 6.27. The van der Waals surface area contributed by atoms with E-state index < -0.39 is 41.8 Å². The molecule has 12 nitrogen and oxygen atoms in total. The lowest BCUT2D eigenvalue weighted by molar-refractivity contribution is -0.143. The minimum Gasteiger partial charge on any atom is -0.346 e. The number of rotatable bonds is 16. The van der Waals surface area contributed by atoms with Gasteiger partial charge in [-0.2, -0.15) is 0 Å². The van der Waals surface area contributed by atoms with E-state index in [-0.39, 0.29) is 36.2 Å². The fourth-order valence-corrected chi connectivity index (χ4v) is 7.45. The molecule has 4 N–H and O–H groups in total. The van der Waals surface area contributed by atoms with Crippen LogP contribution in [0, 0.1) is 11.3 Å². The summed E-state index contributed by atoms with van der Waals surface area (Å²) in [6, 6.07) is 10.3. The van der Waals surface area contributed by atoms with Crippen molar-refractivity contribution in [2.45, 2.75) is 95.4 Å². The Balaban J connectivity index is 1.51. The van der Waals surface area contributed by atoms with Gasteiger partial charge >= 0.3 is 6.03 Å². The van der Waals surface area contributed by atoms with Crippen molar-refractivity contribution in [1.82, 2.24) is 35.5 Å². The molecule has 51 heavy (non-hydrogen) atoms. The van der Waals surface area contributed by atoms with Crippen molar-refractivity contribution in [3.05, 3.63) is 72.4 Å². The Morgan fingerprint density at radius 1 is 1.04 bits per heavy atom. The number of carbonyl (C=O) groups excluding carboxylic acids is 5. The molecule has 5 amide bonds. The first kappa shape index (κ1) is 39.6. The summed E-state index contributed by atoms with van der Waals surface area (Å²) in [5.74, 6) is -2.57. The minimum atomic E-state index is -1.02. The zero-order valence-corrected chi connectivity index (χ0v) is 31.3. The molecule has 2 heterocycles. The molecule has 276 valence electrons. The predicted molar refractivity (Wildman–Crippen MR) is 199 cm³/mol. The van der Waals surface area contributed by atoms with Crippen LogP contribution in [0.3, 0.4) is 0 Å². The molecule has 1 fully saturated rings. The molecule has 4 rings (SSSR count). The highest BCUT2D eigenvalue weighted by Gasteiger charge is 2.43. The zero-order chi connectivity index (χ0) is 37.1. The van der Waals surface area contributed by atoms with Crippen molar-refractivity contribution in [3.8, 4) is 0 Å². The summed E-state index contributed by atoms with van der Waals surface area (Å²) in [4.78, 5) is 73.4. The molecule has 4 unspecified atom stereocenters. The molecule has 0 saturated carbocycles. The van der Waals surface area contributed by atoms with Crippen molar-refractivity contribution < 1.29 is 24.0 Å². The number of carbonyl (C=O) groups is 5. The lowest BCUT2D eigenvalue weighted by Gasteiger charge is -2.36. The summed E-state index contributed by atoms with van der Waals surface area (Å²) in [5.41, 5.74) is 1.95. The van der Waals surface area contributed by atoms with E-state index in [1.54, 1.807) is 6.20 Å². The van der Waals surface area contributed by atoms with Crippen molar-refractivity contribution in [2.24, 2.45) is 11.3 Å². The molecule has 0 bridgehead atoms. The molecular formula is C38H53N7O5S. The van der Waals surface area contributed by atoms with Crippen LogP contribution in [0.4, 0.5) is 4.79 Å². The molecule has 1 aromatic heterocycles. The number of aromatic nitrogens is 1. The number of Topliss-reactive ketones (excluding diaryl/α,β-unsaturated/α-hetero) is 1. The predicted octanol–water partition coefficient (Wildman–Crippen LogP) is 3.67. The van der Waals surface area contributed by atoms with Gasteiger partial charge in [0, 0.05) is 31.9 Å². The Morgan fingerprint density at radius 2 is 1.73 bits per heavy atom.